The molecular weight excluding hydrogens is 221 g/mol. The van der Waals surface area contributed by atoms with Gasteiger partial charge in [0.25, 0.3) is 0 Å². The van der Waals surface area contributed by atoms with Gasteiger partial charge in [-0.1, -0.05) is 0 Å². The summed E-state index contributed by atoms with van der Waals surface area (Å²) < 4.78 is 17.5. The molecule has 0 radical (unpaired) electrons. The second-order valence-electron chi connectivity index (χ2n) is 2.97. The van der Waals surface area contributed by atoms with Crippen molar-refractivity contribution in [1.29, 1.82) is 0 Å². The van der Waals surface area contributed by atoms with Crippen LogP contribution in [0.5, 0.6) is 5.75 Å². The van der Waals surface area contributed by atoms with Gasteiger partial charge in [-0.05, 0) is 19.1 Å². The second-order valence-corrected chi connectivity index (χ2v) is 2.97. The van der Waals surface area contributed by atoms with Gasteiger partial charge in [0.2, 0.25) is 0 Å². The van der Waals surface area contributed by atoms with Gasteiger partial charge in [-0.3, -0.25) is 10.1 Å². The molecule has 1 aromatic carbocycles. The number of carboxylic acids is 1. The van der Waals surface area contributed by atoms with Crippen molar-refractivity contribution < 1.29 is 24.0 Å². The molecule has 1 atom stereocenters. The first-order valence-corrected chi connectivity index (χ1v) is 4.25. The number of rotatable bonds is 4. The molecule has 16 heavy (non-hydrogen) atoms. The number of nitrogens with zero attached hydrogens (tertiary/aromatic N) is 1. The number of hydrogen-bond acceptors (Lipinski definition) is 4. The van der Waals surface area contributed by atoms with E-state index in [1.54, 1.807) is 0 Å². The summed E-state index contributed by atoms with van der Waals surface area (Å²) in [5, 5.41) is 19.1. The monoisotopic (exact) mass is 229 g/mol. The molecule has 0 aromatic heterocycles. The first kappa shape index (κ1) is 11.9. The fourth-order valence-corrected chi connectivity index (χ4v) is 0.974. The Morgan fingerprint density at radius 3 is 2.75 bits per heavy atom. The normalized spacial score (nSPS) is 11.9. The Morgan fingerprint density at radius 1 is 1.62 bits per heavy atom. The van der Waals surface area contributed by atoms with Crippen LogP contribution in [0.4, 0.5) is 10.1 Å². The first-order chi connectivity index (χ1) is 7.41. The zero-order valence-corrected chi connectivity index (χ0v) is 8.21. The predicted octanol–water partition coefficient (Wildman–Crippen LogP) is 1.59. The summed E-state index contributed by atoms with van der Waals surface area (Å²) in [6.45, 7) is 1.22. The number of nitro benzene ring substituents is 1. The maximum absolute atomic E-state index is 12.7. The summed E-state index contributed by atoms with van der Waals surface area (Å²) in [6, 6.07) is 2.65. The Morgan fingerprint density at radius 2 is 2.25 bits per heavy atom. The Kier molecular flexibility index (Phi) is 3.39. The van der Waals surface area contributed by atoms with Gasteiger partial charge in [0, 0.05) is 0 Å². The lowest BCUT2D eigenvalue weighted by Crippen LogP contribution is -2.23. The lowest BCUT2D eigenvalue weighted by Gasteiger charge is -2.10. The maximum atomic E-state index is 12.7. The van der Waals surface area contributed by atoms with Gasteiger partial charge in [0.05, 0.1) is 11.0 Å². The van der Waals surface area contributed by atoms with E-state index in [1.165, 1.54) is 6.92 Å². The molecule has 1 N–H and O–H groups in total. The van der Waals surface area contributed by atoms with E-state index >= 15 is 0 Å². The molecular formula is C9H8FNO5. The molecule has 0 aliphatic heterocycles. The van der Waals surface area contributed by atoms with E-state index in [1.807, 2.05) is 0 Å². The van der Waals surface area contributed by atoms with Gasteiger partial charge in [-0.15, -0.1) is 0 Å². The second kappa shape index (κ2) is 4.56. The number of hydrogen-bond donors (Lipinski definition) is 1. The van der Waals surface area contributed by atoms with Gasteiger partial charge in [0.15, 0.2) is 11.9 Å². The molecule has 0 amide bonds. The third kappa shape index (κ3) is 2.66. The third-order valence-corrected chi connectivity index (χ3v) is 1.77. The smallest absolute Gasteiger partial charge is 0.344 e. The quantitative estimate of drug-likeness (QED) is 0.625. The fourth-order valence-electron chi connectivity index (χ4n) is 0.974. The Bertz CT molecular complexity index is 434. The molecule has 7 heteroatoms. The molecule has 0 spiro atoms. The molecule has 1 aromatic rings. The zero-order valence-electron chi connectivity index (χ0n) is 8.21. The predicted molar refractivity (Wildman–Crippen MR) is 50.8 cm³/mol. The van der Waals surface area contributed by atoms with Crippen LogP contribution >= 0.6 is 0 Å². The van der Waals surface area contributed by atoms with E-state index in [4.69, 9.17) is 9.84 Å². The van der Waals surface area contributed by atoms with E-state index in [-0.39, 0.29) is 5.75 Å². The molecule has 0 saturated carbocycles. The van der Waals surface area contributed by atoms with Crippen molar-refractivity contribution in [3.05, 3.63) is 34.1 Å². The third-order valence-electron chi connectivity index (χ3n) is 1.77. The Labute approximate surface area is 89.4 Å². The van der Waals surface area contributed by atoms with Crippen LogP contribution in [-0.2, 0) is 4.79 Å². The molecule has 0 aliphatic rings. The molecule has 0 unspecified atom stereocenters. The van der Waals surface area contributed by atoms with E-state index in [9.17, 15) is 19.3 Å². The van der Waals surface area contributed by atoms with Crippen molar-refractivity contribution >= 4 is 11.7 Å². The summed E-state index contributed by atoms with van der Waals surface area (Å²) in [5.41, 5.74) is -0.604. The highest BCUT2D eigenvalue weighted by Gasteiger charge is 2.21. The van der Waals surface area contributed by atoms with E-state index in [0.717, 1.165) is 12.1 Å². The standard InChI is InChI=1S/C9H8FNO5/c1-5(9(12)13)16-8-3-2-6(10)4-7(8)11(14)15/h2-5H,1H3,(H,12,13)/t5-/m1/s1. The number of ether oxygens (including phenoxy) is 1. The van der Waals surface area contributed by atoms with Crippen molar-refractivity contribution in [3.63, 3.8) is 0 Å². The minimum absolute atomic E-state index is 0.277. The van der Waals surface area contributed by atoms with Crippen LogP contribution < -0.4 is 4.74 Å². The van der Waals surface area contributed by atoms with Crippen LogP contribution in [0.25, 0.3) is 0 Å². The molecule has 0 heterocycles. The molecule has 0 bridgehead atoms. The molecule has 0 fully saturated rings. The van der Waals surface area contributed by atoms with Gasteiger partial charge < -0.3 is 9.84 Å². The topological polar surface area (TPSA) is 89.7 Å². The highest BCUT2D eigenvalue weighted by Crippen LogP contribution is 2.28. The number of benzene rings is 1. The maximum Gasteiger partial charge on any atom is 0.344 e. The molecule has 0 saturated heterocycles. The van der Waals surface area contributed by atoms with Gasteiger partial charge in [0.1, 0.15) is 5.82 Å². The number of aliphatic carboxylic acids is 1. The first-order valence-electron chi connectivity index (χ1n) is 4.25. The van der Waals surface area contributed by atoms with Crippen molar-refractivity contribution in [1.82, 2.24) is 0 Å². The summed E-state index contributed by atoms with van der Waals surface area (Å²) >= 11 is 0. The highest BCUT2D eigenvalue weighted by molar-refractivity contribution is 5.72. The van der Waals surface area contributed by atoms with Crippen LogP contribution in [0.1, 0.15) is 6.92 Å². The van der Waals surface area contributed by atoms with Crippen molar-refractivity contribution in [3.8, 4) is 5.75 Å². The Balaban J connectivity index is 3.04. The largest absolute Gasteiger partial charge is 0.479 e. The lowest BCUT2D eigenvalue weighted by atomic mass is 10.3. The van der Waals surface area contributed by atoms with Crippen molar-refractivity contribution in [2.24, 2.45) is 0 Å². The van der Waals surface area contributed by atoms with Crippen LogP contribution in [0.2, 0.25) is 0 Å². The lowest BCUT2D eigenvalue weighted by molar-refractivity contribution is -0.386. The highest BCUT2D eigenvalue weighted by atomic mass is 19.1. The average molecular weight is 229 g/mol. The number of carbonyl (C=O) groups is 1. The fraction of sp³-hybridized carbons (Fsp3) is 0.222. The summed E-state index contributed by atoms with van der Waals surface area (Å²) in [4.78, 5) is 20.2. The summed E-state index contributed by atoms with van der Waals surface area (Å²) in [7, 11) is 0. The van der Waals surface area contributed by atoms with Gasteiger partial charge in [-0.25, -0.2) is 9.18 Å². The molecule has 0 aliphatic carbocycles. The number of halogens is 1. The summed E-state index contributed by atoms with van der Waals surface area (Å²) in [5.74, 6) is -2.33. The van der Waals surface area contributed by atoms with Crippen molar-refractivity contribution in [2.45, 2.75) is 13.0 Å². The van der Waals surface area contributed by atoms with Gasteiger partial charge >= 0.3 is 11.7 Å². The number of carboxylic acid groups (broad SMARTS) is 1. The van der Waals surface area contributed by atoms with Crippen molar-refractivity contribution in [2.75, 3.05) is 0 Å². The molecule has 6 nitrogen and oxygen atoms in total. The zero-order chi connectivity index (χ0) is 12.3. The van der Waals surface area contributed by atoms with Gasteiger partial charge in [-0.2, -0.15) is 0 Å². The van der Waals surface area contributed by atoms with Crippen LogP contribution in [0, 0.1) is 15.9 Å². The van der Waals surface area contributed by atoms with E-state index < -0.39 is 28.5 Å². The van der Waals surface area contributed by atoms with Crippen LogP contribution in [0.3, 0.4) is 0 Å². The Hall–Kier alpha value is -2.18. The van der Waals surface area contributed by atoms with Crippen LogP contribution in [-0.4, -0.2) is 22.1 Å². The average Bonchev–Trinajstić information content (AvgIpc) is 2.20. The van der Waals surface area contributed by atoms with E-state index in [0.29, 0.717) is 6.07 Å². The molecule has 1 rings (SSSR count). The minimum Gasteiger partial charge on any atom is -0.479 e. The molecule has 86 valence electrons. The number of nitro groups is 1. The SMILES string of the molecule is C[C@@H](Oc1ccc(F)cc1[N+](=O)[O-])C(=O)O. The summed E-state index contributed by atoms with van der Waals surface area (Å²) in [6.07, 6.45) is -1.25. The van der Waals surface area contributed by atoms with Crippen LogP contribution in [0.15, 0.2) is 18.2 Å². The minimum atomic E-state index is -1.27. The van der Waals surface area contributed by atoms with E-state index in [2.05, 4.69) is 0 Å².